The number of furan rings is 1. The summed E-state index contributed by atoms with van der Waals surface area (Å²) in [6.07, 6.45) is -0.411. The zero-order valence-electron chi connectivity index (χ0n) is 16.4. The molecule has 2 atom stereocenters. The minimum Gasteiger partial charge on any atom is -0.458 e. The van der Waals surface area contributed by atoms with E-state index in [2.05, 4.69) is 20.8 Å². The lowest BCUT2D eigenvalue weighted by atomic mass is 10.0. The maximum Gasteiger partial charge on any atom is 0.339 e. The van der Waals surface area contributed by atoms with Crippen molar-refractivity contribution in [3.63, 3.8) is 0 Å². The number of benzene rings is 2. The summed E-state index contributed by atoms with van der Waals surface area (Å²) in [7, 11) is 0. The third-order valence-corrected chi connectivity index (χ3v) is 5.20. The highest BCUT2D eigenvalue weighted by Gasteiger charge is 2.37. The molecule has 0 spiro atoms. The van der Waals surface area contributed by atoms with E-state index in [1.54, 1.807) is 6.92 Å². The second-order valence-electron chi connectivity index (χ2n) is 7.16. The summed E-state index contributed by atoms with van der Waals surface area (Å²) >= 11 is 0. The Bertz CT molecular complexity index is 1230. The van der Waals surface area contributed by atoms with Crippen molar-refractivity contribution in [2.45, 2.75) is 26.0 Å². The van der Waals surface area contributed by atoms with E-state index in [4.69, 9.17) is 9.15 Å². The number of allylic oxidation sites excluding steroid dienone is 1. The van der Waals surface area contributed by atoms with Crippen LogP contribution in [0.15, 0.2) is 76.4 Å². The van der Waals surface area contributed by atoms with E-state index in [0.29, 0.717) is 23.0 Å². The molecule has 3 heterocycles. The maximum atomic E-state index is 13.3. The Balaban J connectivity index is 1.55. The standard InChI is InChI=1S/C22H19N5O3/c1-13-19(21(28)29-14(2)15-8-4-3-5-9-15)20(27-22(23-13)24-25-26-27)18-12-16-10-6-7-11-17(16)30-18/h3-12,14,20H,1-2H3,(H,23,24,26). The van der Waals surface area contributed by atoms with E-state index in [1.165, 1.54) is 4.68 Å². The molecule has 0 amide bonds. The summed E-state index contributed by atoms with van der Waals surface area (Å²) < 4.78 is 13.4. The van der Waals surface area contributed by atoms with Gasteiger partial charge in [-0.05, 0) is 42.0 Å². The number of aromatic nitrogens is 4. The quantitative estimate of drug-likeness (QED) is 0.516. The smallest absolute Gasteiger partial charge is 0.339 e. The molecule has 1 aliphatic rings. The number of carbonyl (C=O) groups excluding carboxylic acids is 1. The maximum absolute atomic E-state index is 13.3. The SMILES string of the molecule is CC1=C(C(=O)OC(C)c2ccccc2)C(c2cc3ccccc3o2)n2nnnc2N1. The topological polar surface area (TPSA) is 95.1 Å². The lowest BCUT2D eigenvalue weighted by Crippen LogP contribution is -2.29. The molecule has 1 aliphatic heterocycles. The monoisotopic (exact) mass is 401 g/mol. The van der Waals surface area contributed by atoms with Crippen LogP contribution in [0.3, 0.4) is 0 Å². The first-order valence-electron chi connectivity index (χ1n) is 9.62. The van der Waals surface area contributed by atoms with E-state index in [9.17, 15) is 4.79 Å². The fourth-order valence-corrected chi connectivity index (χ4v) is 3.69. The normalized spacial score (nSPS) is 16.8. The number of nitrogens with zero attached hydrogens (tertiary/aromatic N) is 4. The van der Waals surface area contributed by atoms with Crippen LogP contribution in [0.2, 0.25) is 0 Å². The van der Waals surface area contributed by atoms with Gasteiger partial charge in [-0.3, -0.25) is 0 Å². The Kier molecular flexibility index (Phi) is 4.31. The van der Waals surface area contributed by atoms with Crippen molar-refractivity contribution in [3.8, 4) is 0 Å². The van der Waals surface area contributed by atoms with Crippen molar-refractivity contribution in [1.29, 1.82) is 0 Å². The van der Waals surface area contributed by atoms with Gasteiger partial charge in [0.05, 0.1) is 5.57 Å². The Hall–Kier alpha value is -3.94. The van der Waals surface area contributed by atoms with Gasteiger partial charge in [0.15, 0.2) is 0 Å². The fraction of sp³-hybridized carbons (Fsp3) is 0.182. The molecule has 0 radical (unpaired) electrons. The number of ether oxygens (including phenoxy) is 1. The molecule has 2 aromatic heterocycles. The average molecular weight is 401 g/mol. The fourth-order valence-electron chi connectivity index (χ4n) is 3.69. The molecule has 0 fully saturated rings. The van der Waals surface area contributed by atoms with Crippen LogP contribution in [0.1, 0.15) is 37.3 Å². The molecule has 5 rings (SSSR count). The first-order valence-corrected chi connectivity index (χ1v) is 9.62. The molecule has 150 valence electrons. The van der Waals surface area contributed by atoms with Gasteiger partial charge >= 0.3 is 5.97 Å². The first kappa shape index (κ1) is 18.1. The highest BCUT2D eigenvalue weighted by molar-refractivity contribution is 5.92. The number of rotatable bonds is 4. The Morgan fingerprint density at radius 3 is 2.73 bits per heavy atom. The van der Waals surface area contributed by atoms with Gasteiger partial charge < -0.3 is 14.5 Å². The molecule has 2 aromatic carbocycles. The Morgan fingerprint density at radius 2 is 1.93 bits per heavy atom. The van der Waals surface area contributed by atoms with Gasteiger partial charge in [-0.15, -0.1) is 0 Å². The summed E-state index contributed by atoms with van der Waals surface area (Å²) in [5, 5.41) is 15.8. The molecule has 0 aliphatic carbocycles. The number of para-hydroxylation sites is 1. The van der Waals surface area contributed by atoms with Crippen molar-refractivity contribution < 1.29 is 13.9 Å². The van der Waals surface area contributed by atoms with Crippen LogP contribution in [0.25, 0.3) is 11.0 Å². The van der Waals surface area contributed by atoms with E-state index >= 15 is 0 Å². The van der Waals surface area contributed by atoms with E-state index in [1.807, 2.05) is 67.6 Å². The van der Waals surface area contributed by atoms with E-state index < -0.39 is 18.1 Å². The lowest BCUT2D eigenvalue weighted by molar-refractivity contribution is -0.144. The molecule has 8 nitrogen and oxygen atoms in total. The highest BCUT2D eigenvalue weighted by atomic mass is 16.5. The van der Waals surface area contributed by atoms with Gasteiger partial charge in [-0.1, -0.05) is 53.6 Å². The molecule has 2 unspecified atom stereocenters. The van der Waals surface area contributed by atoms with Gasteiger partial charge in [0.25, 0.3) is 0 Å². The molecule has 4 aromatic rings. The summed E-state index contributed by atoms with van der Waals surface area (Å²) in [4.78, 5) is 13.3. The van der Waals surface area contributed by atoms with Gasteiger partial charge in [0.2, 0.25) is 5.95 Å². The summed E-state index contributed by atoms with van der Waals surface area (Å²) in [6, 6.07) is 18.5. The number of carbonyl (C=O) groups is 1. The molecular weight excluding hydrogens is 382 g/mol. The minimum atomic E-state index is -0.640. The summed E-state index contributed by atoms with van der Waals surface area (Å²) in [5.74, 6) is 0.540. The zero-order chi connectivity index (χ0) is 20.7. The van der Waals surface area contributed by atoms with Gasteiger partial charge in [-0.2, -0.15) is 4.68 Å². The average Bonchev–Trinajstić information content (AvgIpc) is 3.39. The van der Waals surface area contributed by atoms with Crippen molar-refractivity contribution in [3.05, 3.63) is 83.3 Å². The van der Waals surface area contributed by atoms with Gasteiger partial charge in [0, 0.05) is 11.1 Å². The van der Waals surface area contributed by atoms with Gasteiger partial charge in [-0.25, -0.2) is 4.79 Å². The number of tetrazole rings is 1. The third kappa shape index (κ3) is 3.02. The molecular formula is C22H19N5O3. The first-order chi connectivity index (χ1) is 14.6. The summed E-state index contributed by atoms with van der Waals surface area (Å²) in [5.41, 5.74) is 2.66. The molecule has 0 saturated carbocycles. The molecule has 0 bridgehead atoms. The van der Waals surface area contributed by atoms with E-state index in [-0.39, 0.29) is 0 Å². The van der Waals surface area contributed by atoms with Crippen molar-refractivity contribution in [1.82, 2.24) is 20.2 Å². The predicted octanol–water partition coefficient (Wildman–Crippen LogP) is 4.01. The van der Waals surface area contributed by atoms with Crippen LogP contribution in [0.5, 0.6) is 0 Å². The van der Waals surface area contributed by atoms with Crippen molar-refractivity contribution in [2.75, 3.05) is 5.32 Å². The highest BCUT2D eigenvalue weighted by Crippen LogP contribution is 2.38. The number of fused-ring (bicyclic) bond motifs is 2. The molecule has 0 saturated heterocycles. The molecule has 30 heavy (non-hydrogen) atoms. The Labute approximate surface area is 172 Å². The number of esters is 1. The van der Waals surface area contributed by atoms with E-state index in [0.717, 1.165) is 16.5 Å². The third-order valence-electron chi connectivity index (χ3n) is 5.20. The number of hydrogen-bond donors (Lipinski definition) is 1. The predicted molar refractivity (Wildman–Crippen MR) is 109 cm³/mol. The number of anilines is 1. The zero-order valence-corrected chi connectivity index (χ0v) is 16.4. The second kappa shape index (κ2) is 7.14. The summed E-state index contributed by atoms with van der Waals surface area (Å²) in [6.45, 7) is 3.65. The van der Waals surface area contributed by atoms with Crippen LogP contribution in [-0.2, 0) is 9.53 Å². The number of nitrogens with one attached hydrogen (secondary N) is 1. The molecule has 8 heteroatoms. The second-order valence-corrected chi connectivity index (χ2v) is 7.16. The largest absolute Gasteiger partial charge is 0.458 e. The van der Waals surface area contributed by atoms with Crippen LogP contribution >= 0.6 is 0 Å². The van der Waals surface area contributed by atoms with Crippen molar-refractivity contribution >= 4 is 22.9 Å². The molecule has 1 N–H and O–H groups in total. The Morgan fingerprint density at radius 1 is 1.17 bits per heavy atom. The van der Waals surface area contributed by atoms with Crippen LogP contribution in [-0.4, -0.2) is 26.2 Å². The van der Waals surface area contributed by atoms with Crippen LogP contribution in [0, 0.1) is 0 Å². The number of hydrogen-bond acceptors (Lipinski definition) is 7. The van der Waals surface area contributed by atoms with Crippen molar-refractivity contribution in [2.24, 2.45) is 0 Å². The van der Waals surface area contributed by atoms with Gasteiger partial charge in [0.1, 0.15) is 23.5 Å². The van der Waals surface area contributed by atoms with Crippen LogP contribution < -0.4 is 5.32 Å². The minimum absolute atomic E-state index is 0.400. The lowest BCUT2D eigenvalue weighted by Gasteiger charge is -2.26. The van der Waals surface area contributed by atoms with Crippen LogP contribution in [0.4, 0.5) is 5.95 Å².